The molecule has 1 saturated carbocycles. The minimum Gasteiger partial charge on any atom is -0.481 e. The molecule has 1 amide bonds. The molecule has 1 saturated heterocycles. The maximum absolute atomic E-state index is 12.0. The summed E-state index contributed by atoms with van der Waals surface area (Å²) in [5.41, 5.74) is 0. The Morgan fingerprint density at radius 3 is 2.61 bits per heavy atom. The van der Waals surface area contributed by atoms with Crippen molar-refractivity contribution in [3.05, 3.63) is 0 Å². The van der Waals surface area contributed by atoms with Crippen molar-refractivity contribution in [3.8, 4) is 0 Å². The summed E-state index contributed by atoms with van der Waals surface area (Å²) in [7, 11) is 0. The molecular formula is C13H21NO4. The maximum Gasteiger partial charge on any atom is 0.306 e. The Kier molecular flexibility index (Phi) is 4.58. The number of carboxylic acid groups (broad SMARTS) is 1. The predicted octanol–water partition coefficient (Wildman–Crippen LogP) is 1.17. The Balaban J connectivity index is 1.75. The van der Waals surface area contributed by atoms with E-state index >= 15 is 0 Å². The lowest BCUT2D eigenvalue weighted by atomic mass is 9.81. The minimum atomic E-state index is -0.772. The van der Waals surface area contributed by atoms with E-state index in [4.69, 9.17) is 9.84 Å². The largest absolute Gasteiger partial charge is 0.481 e. The van der Waals surface area contributed by atoms with Crippen LogP contribution in [0.2, 0.25) is 0 Å². The summed E-state index contributed by atoms with van der Waals surface area (Å²) in [5.74, 6) is -1.26. The lowest BCUT2D eigenvalue weighted by Crippen LogP contribution is -2.38. The average molecular weight is 255 g/mol. The number of hydrogen-bond donors (Lipinski definition) is 2. The normalized spacial score (nSPS) is 32.1. The van der Waals surface area contributed by atoms with Crippen molar-refractivity contribution in [2.45, 2.75) is 44.6 Å². The van der Waals surface area contributed by atoms with Crippen LogP contribution in [0.1, 0.15) is 38.5 Å². The van der Waals surface area contributed by atoms with Gasteiger partial charge < -0.3 is 15.2 Å². The molecule has 0 bridgehead atoms. The van der Waals surface area contributed by atoms with Crippen molar-refractivity contribution in [1.82, 2.24) is 5.32 Å². The highest BCUT2D eigenvalue weighted by atomic mass is 16.5. The highest BCUT2D eigenvalue weighted by molar-refractivity contribution is 5.80. The van der Waals surface area contributed by atoms with Crippen LogP contribution in [0.4, 0.5) is 0 Å². The number of carboxylic acids is 1. The fraction of sp³-hybridized carbons (Fsp3) is 0.846. The van der Waals surface area contributed by atoms with Gasteiger partial charge in [-0.15, -0.1) is 0 Å². The summed E-state index contributed by atoms with van der Waals surface area (Å²) in [6, 6.07) is 0. The summed E-state index contributed by atoms with van der Waals surface area (Å²) in [6.45, 7) is 1.35. The third kappa shape index (κ3) is 3.45. The van der Waals surface area contributed by atoms with Gasteiger partial charge in [0.15, 0.2) is 0 Å². The summed E-state index contributed by atoms with van der Waals surface area (Å²) >= 11 is 0. The SMILES string of the molecule is O=C(O)[C@@H]1CCC[C@H](C(=O)NC[C@H]2CCCO2)C1. The van der Waals surface area contributed by atoms with Gasteiger partial charge in [-0.3, -0.25) is 9.59 Å². The molecule has 2 aliphatic rings. The zero-order valence-corrected chi connectivity index (χ0v) is 10.6. The van der Waals surface area contributed by atoms with Crippen molar-refractivity contribution in [2.75, 3.05) is 13.2 Å². The fourth-order valence-electron chi connectivity index (χ4n) is 2.82. The van der Waals surface area contributed by atoms with Gasteiger partial charge in [-0.05, 0) is 32.1 Å². The average Bonchev–Trinajstić information content (AvgIpc) is 2.89. The number of amides is 1. The first-order valence-corrected chi connectivity index (χ1v) is 6.79. The Morgan fingerprint density at radius 1 is 1.17 bits per heavy atom. The van der Waals surface area contributed by atoms with Gasteiger partial charge in [0.05, 0.1) is 12.0 Å². The molecule has 102 valence electrons. The van der Waals surface area contributed by atoms with Crippen LogP contribution in [0, 0.1) is 11.8 Å². The van der Waals surface area contributed by atoms with Crippen LogP contribution >= 0.6 is 0 Å². The van der Waals surface area contributed by atoms with Crippen LogP contribution in [0.15, 0.2) is 0 Å². The molecule has 1 aliphatic carbocycles. The second-order valence-corrected chi connectivity index (χ2v) is 5.28. The molecule has 2 N–H and O–H groups in total. The van der Waals surface area contributed by atoms with Gasteiger partial charge in [-0.25, -0.2) is 0 Å². The number of rotatable bonds is 4. The maximum atomic E-state index is 12.0. The van der Waals surface area contributed by atoms with Gasteiger partial charge in [0.2, 0.25) is 5.91 Å². The van der Waals surface area contributed by atoms with Crippen LogP contribution in [-0.4, -0.2) is 36.2 Å². The molecule has 0 unspecified atom stereocenters. The van der Waals surface area contributed by atoms with E-state index in [9.17, 15) is 9.59 Å². The number of carbonyl (C=O) groups is 2. The molecule has 1 aliphatic heterocycles. The van der Waals surface area contributed by atoms with Crippen LogP contribution < -0.4 is 5.32 Å². The van der Waals surface area contributed by atoms with E-state index in [2.05, 4.69) is 5.32 Å². The van der Waals surface area contributed by atoms with Gasteiger partial charge >= 0.3 is 5.97 Å². The molecule has 0 spiro atoms. The third-order valence-corrected chi connectivity index (χ3v) is 3.92. The molecule has 0 aromatic heterocycles. The molecular weight excluding hydrogens is 234 g/mol. The van der Waals surface area contributed by atoms with E-state index in [1.807, 2.05) is 0 Å². The smallest absolute Gasteiger partial charge is 0.306 e. The van der Waals surface area contributed by atoms with Gasteiger partial charge in [0.1, 0.15) is 0 Å². The topological polar surface area (TPSA) is 75.6 Å². The highest BCUT2D eigenvalue weighted by Crippen LogP contribution is 2.29. The van der Waals surface area contributed by atoms with E-state index in [1.165, 1.54) is 0 Å². The van der Waals surface area contributed by atoms with E-state index in [-0.39, 0.29) is 23.8 Å². The van der Waals surface area contributed by atoms with Crippen molar-refractivity contribution in [3.63, 3.8) is 0 Å². The minimum absolute atomic E-state index is 0.00329. The van der Waals surface area contributed by atoms with E-state index in [1.54, 1.807) is 0 Å². The van der Waals surface area contributed by atoms with Gasteiger partial charge in [-0.2, -0.15) is 0 Å². The first-order chi connectivity index (χ1) is 8.66. The molecule has 2 fully saturated rings. The van der Waals surface area contributed by atoms with Crippen molar-refractivity contribution in [1.29, 1.82) is 0 Å². The number of nitrogens with one attached hydrogen (secondary N) is 1. The van der Waals surface area contributed by atoms with Crippen LogP contribution in [-0.2, 0) is 14.3 Å². The van der Waals surface area contributed by atoms with Gasteiger partial charge in [0, 0.05) is 19.1 Å². The Labute approximate surface area is 107 Å². The molecule has 3 atom stereocenters. The lowest BCUT2D eigenvalue weighted by molar-refractivity contribution is -0.144. The molecule has 5 nitrogen and oxygen atoms in total. The second kappa shape index (κ2) is 6.18. The number of hydrogen-bond acceptors (Lipinski definition) is 3. The zero-order chi connectivity index (χ0) is 13.0. The Morgan fingerprint density at radius 2 is 1.94 bits per heavy atom. The molecule has 1 heterocycles. The van der Waals surface area contributed by atoms with Crippen molar-refractivity contribution in [2.24, 2.45) is 11.8 Å². The summed E-state index contributed by atoms with van der Waals surface area (Å²) in [6.07, 6.45) is 5.02. The number of aliphatic carboxylic acids is 1. The monoisotopic (exact) mass is 255 g/mol. The van der Waals surface area contributed by atoms with Crippen molar-refractivity contribution < 1.29 is 19.4 Å². The van der Waals surface area contributed by atoms with Crippen LogP contribution in [0.5, 0.6) is 0 Å². The van der Waals surface area contributed by atoms with Crippen molar-refractivity contribution >= 4 is 11.9 Å². The number of carbonyl (C=O) groups excluding carboxylic acids is 1. The first-order valence-electron chi connectivity index (χ1n) is 6.79. The summed E-state index contributed by atoms with van der Waals surface area (Å²) in [5, 5.41) is 11.9. The molecule has 2 rings (SSSR count). The summed E-state index contributed by atoms with van der Waals surface area (Å²) < 4.78 is 5.44. The van der Waals surface area contributed by atoms with E-state index in [0.717, 1.165) is 32.3 Å². The molecule has 0 aromatic rings. The zero-order valence-electron chi connectivity index (χ0n) is 10.6. The van der Waals surface area contributed by atoms with E-state index in [0.29, 0.717) is 19.4 Å². The Hall–Kier alpha value is -1.10. The lowest BCUT2D eigenvalue weighted by Gasteiger charge is -2.26. The predicted molar refractivity (Wildman–Crippen MR) is 65.1 cm³/mol. The molecule has 0 aromatic carbocycles. The second-order valence-electron chi connectivity index (χ2n) is 5.28. The molecule has 0 radical (unpaired) electrons. The fourth-order valence-corrected chi connectivity index (χ4v) is 2.82. The molecule has 18 heavy (non-hydrogen) atoms. The van der Waals surface area contributed by atoms with Gasteiger partial charge in [0.25, 0.3) is 0 Å². The molecule has 5 heteroatoms. The van der Waals surface area contributed by atoms with E-state index < -0.39 is 5.97 Å². The van der Waals surface area contributed by atoms with Gasteiger partial charge in [-0.1, -0.05) is 6.42 Å². The quantitative estimate of drug-likeness (QED) is 0.790. The first kappa shape index (κ1) is 13.3. The highest BCUT2D eigenvalue weighted by Gasteiger charge is 2.31. The Bertz CT molecular complexity index is 312. The standard InChI is InChI=1S/C13H21NO4/c15-12(14-8-11-5-2-6-18-11)9-3-1-4-10(7-9)13(16)17/h9-11H,1-8H2,(H,14,15)(H,16,17)/t9-,10+,11+/m0/s1. The van der Waals surface area contributed by atoms with Crippen LogP contribution in [0.3, 0.4) is 0 Å². The third-order valence-electron chi connectivity index (χ3n) is 3.92. The van der Waals surface area contributed by atoms with Crippen LogP contribution in [0.25, 0.3) is 0 Å². The number of ether oxygens (including phenoxy) is 1. The summed E-state index contributed by atoms with van der Waals surface area (Å²) in [4.78, 5) is 22.9.